The molecular formula is C81H71Br3Cl2F4N10O2S. The molecule has 0 radical (unpaired) electrons. The summed E-state index contributed by atoms with van der Waals surface area (Å²) in [6.07, 6.45) is -0.735. The summed E-state index contributed by atoms with van der Waals surface area (Å²) >= 11 is 28.8. The maximum atomic E-state index is 13.6. The Morgan fingerprint density at radius 2 is 0.971 bits per heavy atom. The van der Waals surface area contributed by atoms with Crippen molar-refractivity contribution < 1.29 is 27.1 Å². The summed E-state index contributed by atoms with van der Waals surface area (Å²) < 4.78 is 60.5. The van der Waals surface area contributed by atoms with Crippen molar-refractivity contribution >= 4 is 144 Å². The predicted octanol–water partition coefficient (Wildman–Crippen LogP) is 21.3. The van der Waals surface area contributed by atoms with Crippen LogP contribution in [-0.2, 0) is 31.9 Å². The smallest absolute Gasteiger partial charge is 0.416 e. The number of aromatic nitrogens is 4. The van der Waals surface area contributed by atoms with Crippen molar-refractivity contribution in [3.63, 3.8) is 0 Å². The third-order valence-electron chi connectivity index (χ3n) is 19.3. The lowest BCUT2D eigenvalue weighted by molar-refractivity contribution is -0.137. The van der Waals surface area contributed by atoms with Gasteiger partial charge in [0, 0.05) is 128 Å². The van der Waals surface area contributed by atoms with E-state index < -0.39 is 17.6 Å². The largest absolute Gasteiger partial charge is 0.497 e. The Kier molecular flexibility index (Phi) is 21.3. The van der Waals surface area contributed by atoms with E-state index in [4.69, 9.17) is 40.2 Å². The number of H-pyrrole nitrogens is 4. The summed E-state index contributed by atoms with van der Waals surface area (Å²) in [6, 6.07) is 62.3. The van der Waals surface area contributed by atoms with Gasteiger partial charge in [0.1, 0.15) is 11.6 Å². The zero-order chi connectivity index (χ0) is 71.8. The molecule has 0 saturated heterocycles. The molecule has 0 bridgehead atoms. The molecule has 17 rings (SSSR count). The van der Waals surface area contributed by atoms with Crippen molar-refractivity contribution in [1.29, 1.82) is 0 Å². The molecule has 103 heavy (non-hydrogen) atoms. The number of methoxy groups -OCH3 is 1. The number of urea groups is 1. The van der Waals surface area contributed by atoms with E-state index in [2.05, 4.69) is 199 Å². The normalized spacial score (nSPS) is 16.9. The lowest BCUT2D eigenvalue weighted by Crippen LogP contribution is -2.47. The first kappa shape index (κ1) is 71.5. The topological polar surface area (TPSA) is 144 Å². The number of aromatic amines is 4. The van der Waals surface area contributed by atoms with Gasteiger partial charge in [-0.1, -0.05) is 144 Å². The molecule has 0 aliphatic carbocycles. The maximum Gasteiger partial charge on any atom is 0.416 e. The van der Waals surface area contributed by atoms with Gasteiger partial charge in [-0.15, -0.1) is 0 Å². The molecule has 0 fully saturated rings. The minimum Gasteiger partial charge on any atom is -0.497 e. The van der Waals surface area contributed by atoms with Gasteiger partial charge in [0.15, 0.2) is 5.11 Å². The van der Waals surface area contributed by atoms with Crippen LogP contribution in [0.25, 0.3) is 43.6 Å². The van der Waals surface area contributed by atoms with Crippen LogP contribution in [0.5, 0.6) is 5.75 Å². The summed E-state index contributed by atoms with van der Waals surface area (Å²) in [5, 5.41) is 20.2. The first-order valence-corrected chi connectivity index (χ1v) is 37.5. The number of nitrogens with one attached hydrogen (secondary N) is 8. The lowest BCUT2D eigenvalue weighted by Gasteiger charge is -2.38. The van der Waals surface area contributed by atoms with E-state index in [0.29, 0.717) is 34.7 Å². The molecule has 12 nitrogen and oxygen atoms in total. The SMILES string of the molecule is Brc1ccc(C2NCCc3c2[nH]c2ccc(Br)cc32)cc1.CC(C)NC(=S)N1CCc2c([nH]c3ccc(Br)cc23)C1c1ccccc1.COc1ccc(C2c3[nH]c4ccc(Cl)cc4c3CCN2C(=O)Nc2cccc(F)c2)cc1.FC(F)(F)c1ccc(C2NCCc3c2[nH]c2ccc(Cl)cc32)cc1. The molecule has 2 amide bonds. The van der Waals surface area contributed by atoms with E-state index in [1.54, 1.807) is 24.1 Å². The van der Waals surface area contributed by atoms with Crippen molar-refractivity contribution in [3.05, 3.63) is 302 Å². The minimum absolute atomic E-state index is 0.102. The highest BCUT2D eigenvalue weighted by Gasteiger charge is 2.37. The first-order valence-electron chi connectivity index (χ1n) is 33.9. The Bertz CT molecular complexity index is 5260. The van der Waals surface area contributed by atoms with Crippen LogP contribution >= 0.6 is 83.2 Å². The van der Waals surface area contributed by atoms with Crippen LogP contribution in [0.15, 0.2) is 214 Å². The molecule has 4 atom stereocenters. The number of benzene rings is 9. The number of hydrogen-bond donors (Lipinski definition) is 8. The second-order valence-corrected chi connectivity index (χ2v) is 30.2. The number of anilines is 1. The van der Waals surface area contributed by atoms with Crippen LogP contribution in [0.1, 0.15) is 111 Å². The number of thiocarbonyl (C=S) groups is 1. The number of amides is 2. The van der Waals surface area contributed by atoms with Crippen molar-refractivity contribution in [2.24, 2.45) is 0 Å². The van der Waals surface area contributed by atoms with Gasteiger partial charge in [0.25, 0.3) is 0 Å². The Morgan fingerprint density at radius 1 is 0.524 bits per heavy atom. The average molecular weight is 1640 g/mol. The predicted molar refractivity (Wildman–Crippen MR) is 422 cm³/mol. The van der Waals surface area contributed by atoms with Crippen molar-refractivity contribution in [1.82, 2.24) is 45.7 Å². The fourth-order valence-electron chi connectivity index (χ4n) is 14.7. The summed E-state index contributed by atoms with van der Waals surface area (Å²) in [5.74, 6) is 0.340. The van der Waals surface area contributed by atoms with E-state index in [1.807, 2.05) is 60.7 Å². The van der Waals surface area contributed by atoms with E-state index in [0.717, 1.165) is 125 Å². The van der Waals surface area contributed by atoms with Crippen LogP contribution in [0.2, 0.25) is 10.0 Å². The summed E-state index contributed by atoms with van der Waals surface area (Å²) in [5.41, 5.74) is 18.1. The molecule has 13 aromatic rings. The molecule has 526 valence electrons. The highest BCUT2D eigenvalue weighted by Crippen LogP contribution is 2.43. The monoisotopic (exact) mass is 1630 g/mol. The van der Waals surface area contributed by atoms with Gasteiger partial charge in [-0.2, -0.15) is 13.2 Å². The van der Waals surface area contributed by atoms with Gasteiger partial charge in [-0.05, 0) is 224 Å². The molecule has 8 heterocycles. The quantitative estimate of drug-likeness (QED) is 0.0586. The summed E-state index contributed by atoms with van der Waals surface area (Å²) in [7, 11) is 1.62. The van der Waals surface area contributed by atoms with Crippen LogP contribution in [0, 0.1) is 5.82 Å². The van der Waals surface area contributed by atoms with E-state index in [-0.39, 0.29) is 30.2 Å². The molecule has 0 spiro atoms. The minimum atomic E-state index is -4.32. The average Bonchev–Trinajstić information content (AvgIpc) is 1.66. The third kappa shape index (κ3) is 15.4. The summed E-state index contributed by atoms with van der Waals surface area (Å²) in [4.78, 5) is 31.6. The molecule has 4 aromatic heterocycles. The number of halogens is 9. The molecule has 22 heteroatoms. The fourth-order valence-corrected chi connectivity index (χ4v) is 16.4. The fraction of sp³-hybridized carbons (Fsp3) is 0.210. The maximum absolute atomic E-state index is 13.6. The molecule has 0 saturated carbocycles. The molecule has 4 aliphatic rings. The lowest BCUT2D eigenvalue weighted by atomic mass is 9.92. The third-order valence-corrected chi connectivity index (χ3v) is 21.7. The van der Waals surface area contributed by atoms with Crippen molar-refractivity contribution in [2.75, 3.05) is 38.6 Å². The molecule has 9 aromatic carbocycles. The Morgan fingerprint density at radius 3 is 1.48 bits per heavy atom. The zero-order valence-corrected chi connectivity index (χ0v) is 63.2. The second kappa shape index (κ2) is 30.7. The highest BCUT2D eigenvalue weighted by atomic mass is 79.9. The second-order valence-electron chi connectivity index (χ2n) is 26.2. The van der Waals surface area contributed by atoms with Gasteiger partial charge >= 0.3 is 12.2 Å². The number of alkyl halides is 3. The van der Waals surface area contributed by atoms with Crippen molar-refractivity contribution in [3.8, 4) is 5.75 Å². The molecule has 4 aliphatic heterocycles. The zero-order valence-electron chi connectivity index (χ0n) is 56.1. The number of fused-ring (bicyclic) bond motifs is 12. The van der Waals surface area contributed by atoms with Crippen LogP contribution in [-0.4, -0.2) is 80.2 Å². The summed E-state index contributed by atoms with van der Waals surface area (Å²) in [6.45, 7) is 7.43. The Hall–Kier alpha value is -8.44. The standard InChI is InChI=1S/C25H21ClFN3O2.C21H22BrN3S.C18H14ClF3N2.C17H14Br2N2/c1-32-19-8-5-15(6-9-19)24-23-20(21-13-16(26)7-10-22(21)29-23)11-12-30(24)25(31)28-18-4-2-3-17(27)14-18;1-13(2)23-21(26)25-11-10-16-17-12-15(22)8-9-18(17)24-19(16)20(25)14-6-4-3-5-7-14;19-12-5-6-15-14(9-12)13-7-8-23-16(17(13)24-15)10-1-3-11(4-2-10)18(20,21)22;18-11-3-1-10(2-4-11)16-17-13(7-8-20-16)14-9-12(19)5-6-15(14)21-17/h2-10,13-14,24,29H,11-12H2,1H3,(H,28,31);3-9,12-13,20,24H,10-11H2,1-2H3,(H,23,26);1-6,9,16,23-24H,7-8H2;1-6,9,16,20-21H,7-8H2. The van der Waals surface area contributed by atoms with E-state index >= 15 is 0 Å². The molecular weight excluding hydrogens is 1560 g/mol. The number of ether oxygens (including phenoxy) is 1. The van der Waals surface area contributed by atoms with Crippen LogP contribution < -0.4 is 26.0 Å². The van der Waals surface area contributed by atoms with E-state index in [9.17, 15) is 22.4 Å². The number of hydrogen-bond acceptors (Lipinski definition) is 5. The Balaban J connectivity index is 0.000000117. The van der Waals surface area contributed by atoms with Gasteiger partial charge < -0.3 is 55.7 Å². The molecule has 8 N–H and O–H groups in total. The van der Waals surface area contributed by atoms with Gasteiger partial charge in [0.2, 0.25) is 0 Å². The number of carbonyl (C=O) groups excluding carboxylic acids is 1. The van der Waals surface area contributed by atoms with Crippen LogP contribution in [0.3, 0.4) is 0 Å². The van der Waals surface area contributed by atoms with Crippen molar-refractivity contribution in [2.45, 2.75) is 75.9 Å². The first-order chi connectivity index (χ1) is 49.7. The van der Waals surface area contributed by atoms with Gasteiger partial charge in [-0.3, -0.25) is 0 Å². The molecule has 4 unspecified atom stereocenters. The number of rotatable bonds is 7. The number of nitrogens with zero attached hydrogens (tertiary/aromatic N) is 2. The van der Waals surface area contributed by atoms with Gasteiger partial charge in [-0.25, -0.2) is 9.18 Å². The highest BCUT2D eigenvalue weighted by molar-refractivity contribution is 9.11. The van der Waals surface area contributed by atoms with Gasteiger partial charge in [0.05, 0.1) is 36.8 Å². The van der Waals surface area contributed by atoms with E-state index in [1.165, 1.54) is 85.3 Å². The number of carbonyl (C=O) groups is 1. The Labute approximate surface area is 634 Å². The van der Waals surface area contributed by atoms with Crippen LogP contribution in [0.4, 0.5) is 28.0 Å².